The standard InChI is InChI=1S/C8H8O2.C5H7NO/c1-6(9)7-2-4-8(10)5-3-7;6-4-5-2-1-3-7-5/h2-5,10H,1H3;1-3H,4,6H2. The smallest absolute Gasteiger partial charge is 0.159 e. The molecule has 1 aromatic carbocycles. The molecule has 2 rings (SSSR count). The number of furan rings is 1. The molecule has 1 heterocycles. The lowest BCUT2D eigenvalue weighted by Crippen LogP contribution is -1.92. The van der Waals surface area contributed by atoms with Gasteiger partial charge in [0.2, 0.25) is 0 Å². The van der Waals surface area contributed by atoms with Crippen LogP contribution in [-0.2, 0) is 6.54 Å². The highest BCUT2D eigenvalue weighted by Gasteiger charge is 1.96. The minimum atomic E-state index is 0.0139. The molecule has 17 heavy (non-hydrogen) atoms. The summed E-state index contributed by atoms with van der Waals surface area (Å²) in [4.78, 5) is 10.7. The maximum Gasteiger partial charge on any atom is 0.159 e. The predicted octanol–water partition coefficient (Wildman–Crippen LogP) is 2.33. The molecule has 0 aliphatic carbocycles. The Morgan fingerprint density at radius 1 is 1.29 bits per heavy atom. The molecule has 2 aromatic rings. The number of hydrogen-bond acceptors (Lipinski definition) is 4. The van der Waals surface area contributed by atoms with E-state index in [1.54, 1.807) is 18.4 Å². The summed E-state index contributed by atoms with van der Waals surface area (Å²) in [5, 5.41) is 8.83. The van der Waals surface area contributed by atoms with Gasteiger partial charge in [-0.3, -0.25) is 4.79 Å². The third-order valence-corrected chi connectivity index (χ3v) is 2.06. The van der Waals surface area contributed by atoms with Crippen molar-refractivity contribution < 1.29 is 14.3 Å². The Kier molecular flexibility index (Phi) is 4.97. The van der Waals surface area contributed by atoms with Gasteiger partial charge in [-0.1, -0.05) is 0 Å². The Bertz CT molecular complexity index is 446. The molecule has 0 aliphatic rings. The highest BCUT2D eigenvalue weighted by molar-refractivity contribution is 5.94. The second-order valence-electron chi connectivity index (χ2n) is 3.39. The van der Waals surface area contributed by atoms with Crippen LogP contribution in [0.5, 0.6) is 5.75 Å². The first-order valence-electron chi connectivity index (χ1n) is 5.16. The van der Waals surface area contributed by atoms with Crippen LogP contribution < -0.4 is 5.73 Å². The van der Waals surface area contributed by atoms with Crippen LogP contribution in [0.1, 0.15) is 23.0 Å². The van der Waals surface area contributed by atoms with Crippen LogP contribution >= 0.6 is 0 Å². The fraction of sp³-hybridized carbons (Fsp3) is 0.154. The fourth-order valence-corrected chi connectivity index (χ4v) is 1.12. The monoisotopic (exact) mass is 233 g/mol. The molecule has 0 amide bonds. The number of rotatable bonds is 2. The summed E-state index contributed by atoms with van der Waals surface area (Å²) < 4.78 is 4.86. The Balaban J connectivity index is 0.000000181. The van der Waals surface area contributed by atoms with E-state index < -0.39 is 0 Å². The third kappa shape index (κ3) is 4.53. The van der Waals surface area contributed by atoms with Gasteiger partial charge < -0.3 is 15.3 Å². The first-order chi connectivity index (χ1) is 8.13. The highest BCUT2D eigenvalue weighted by atomic mass is 16.3. The summed E-state index contributed by atoms with van der Waals surface area (Å²) in [6, 6.07) is 9.85. The zero-order chi connectivity index (χ0) is 12.7. The molecule has 0 fully saturated rings. The molecular weight excluding hydrogens is 218 g/mol. The van der Waals surface area contributed by atoms with Crippen molar-refractivity contribution in [2.24, 2.45) is 5.73 Å². The van der Waals surface area contributed by atoms with Crippen LogP contribution in [0.3, 0.4) is 0 Å². The summed E-state index contributed by atoms with van der Waals surface area (Å²) in [6.45, 7) is 1.99. The molecule has 0 atom stereocenters. The molecule has 0 unspecified atom stereocenters. The Morgan fingerprint density at radius 3 is 2.29 bits per heavy atom. The number of carbonyl (C=O) groups excluding carboxylic acids is 1. The van der Waals surface area contributed by atoms with Crippen LogP contribution in [0.25, 0.3) is 0 Å². The molecule has 3 N–H and O–H groups in total. The number of carbonyl (C=O) groups is 1. The molecule has 1 aromatic heterocycles. The second kappa shape index (κ2) is 6.50. The van der Waals surface area contributed by atoms with Gasteiger partial charge in [0.15, 0.2) is 5.78 Å². The van der Waals surface area contributed by atoms with Gasteiger partial charge >= 0.3 is 0 Å². The van der Waals surface area contributed by atoms with Crippen molar-refractivity contribution in [2.45, 2.75) is 13.5 Å². The lowest BCUT2D eigenvalue weighted by atomic mass is 10.1. The van der Waals surface area contributed by atoms with Crippen LogP contribution in [0.2, 0.25) is 0 Å². The van der Waals surface area contributed by atoms with Crippen molar-refractivity contribution in [1.29, 1.82) is 0 Å². The number of benzene rings is 1. The van der Waals surface area contributed by atoms with Gasteiger partial charge in [0.1, 0.15) is 11.5 Å². The topological polar surface area (TPSA) is 76.5 Å². The van der Waals surface area contributed by atoms with Crippen LogP contribution in [0.15, 0.2) is 47.1 Å². The largest absolute Gasteiger partial charge is 0.508 e. The lowest BCUT2D eigenvalue weighted by Gasteiger charge is -1.93. The minimum Gasteiger partial charge on any atom is -0.508 e. The lowest BCUT2D eigenvalue weighted by molar-refractivity contribution is 0.101. The minimum absolute atomic E-state index is 0.0139. The predicted molar refractivity (Wildman–Crippen MR) is 64.7 cm³/mol. The van der Waals surface area contributed by atoms with Gasteiger partial charge in [-0.2, -0.15) is 0 Å². The zero-order valence-electron chi connectivity index (χ0n) is 9.59. The highest BCUT2D eigenvalue weighted by Crippen LogP contribution is 2.09. The quantitative estimate of drug-likeness (QED) is 0.780. The normalized spacial score (nSPS) is 9.29. The van der Waals surface area contributed by atoms with E-state index in [4.69, 9.17) is 15.3 Å². The van der Waals surface area contributed by atoms with E-state index in [2.05, 4.69) is 0 Å². The van der Waals surface area contributed by atoms with Crippen molar-refractivity contribution in [2.75, 3.05) is 0 Å². The number of hydrogen-bond donors (Lipinski definition) is 2. The van der Waals surface area contributed by atoms with E-state index >= 15 is 0 Å². The summed E-state index contributed by atoms with van der Waals surface area (Å²) >= 11 is 0. The fourth-order valence-electron chi connectivity index (χ4n) is 1.12. The van der Waals surface area contributed by atoms with Gasteiger partial charge in [-0.05, 0) is 43.3 Å². The average molecular weight is 233 g/mol. The van der Waals surface area contributed by atoms with Crippen molar-refractivity contribution in [3.05, 3.63) is 54.0 Å². The molecule has 0 saturated heterocycles. The van der Waals surface area contributed by atoms with Gasteiger partial charge in [0.05, 0.1) is 12.8 Å². The summed E-state index contributed by atoms with van der Waals surface area (Å²) in [5.74, 6) is 1.03. The average Bonchev–Trinajstić information content (AvgIpc) is 2.83. The van der Waals surface area contributed by atoms with E-state index in [1.807, 2.05) is 12.1 Å². The van der Waals surface area contributed by atoms with E-state index in [-0.39, 0.29) is 11.5 Å². The molecule has 0 saturated carbocycles. The Morgan fingerprint density at radius 2 is 1.94 bits per heavy atom. The molecule has 0 spiro atoms. The number of aromatic hydroxyl groups is 1. The van der Waals surface area contributed by atoms with Crippen LogP contribution in [0.4, 0.5) is 0 Å². The molecular formula is C13H15NO3. The number of Topliss-reactive ketones (excluding diaryl/α,β-unsaturated/α-hetero) is 1. The first kappa shape index (κ1) is 13.0. The number of phenolic OH excluding ortho intramolecular Hbond substituents is 1. The summed E-state index contributed by atoms with van der Waals surface area (Å²) in [5.41, 5.74) is 5.82. The number of ketones is 1. The van der Waals surface area contributed by atoms with Crippen molar-refractivity contribution in [1.82, 2.24) is 0 Å². The number of nitrogens with two attached hydrogens (primary N) is 1. The van der Waals surface area contributed by atoms with Gasteiger partial charge in [-0.15, -0.1) is 0 Å². The molecule has 0 bridgehead atoms. The molecule has 0 radical (unpaired) electrons. The third-order valence-electron chi connectivity index (χ3n) is 2.06. The zero-order valence-corrected chi connectivity index (χ0v) is 9.59. The van der Waals surface area contributed by atoms with Gasteiger partial charge in [-0.25, -0.2) is 0 Å². The van der Waals surface area contributed by atoms with Crippen molar-refractivity contribution >= 4 is 5.78 Å². The van der Waals surface area contributed by atoms with E-state index in [1.165, 1.54) is 19.1 Å². The molecule has 4 heteroatoms. The number of phenols is 1. The first-order valence-corrected chi connectivity index (χ1v) is 5.16. The Labute approximate surface area is 99.7 Å². The Hall–Kier alpha value is -2.07. The van der Waals surface area contributed by atoms with Crippen molar-refractivity contribution in [3.8, 4) is 5.75 Å². The van der Waals surface area contributed by atoms with Crippen molar-refractivity contribution in [3.63, 3.8) is 0 Å². The summed E-state index contributed by atoms with van der Waals surface area (Å²) in [6.07, 6.45) is 1.61. The molecule has 0 aliphatic heterocycles. The van der Waals surface area contributed by atoms with Crippen LogP contribution in [0, 0.1) is 0 Å². The second-order valence-corrected chi connectivity index (χ2v) is 3.39. The van der Waals surface area contributed by atoms with E-state index in [9.17, 15) is 4.79 Å². The summed E-state index contributed by atoms with van der Waals surface area (Å²) in [7, 11) is 0. The van der Waals surface area contributed by atoms with Crippen LogP contribution in [-0.4, -0.2) is 10.9 Å². The van der Waals surface area contributed by atoms with Gasteiger partial charge in [0.25, 0.3) is 0 Å². The van der Waals surface area contributed by atoms with E-state index in [0.717, 1.165) is 5.76 Å². The molecule has 90 valence electrons. The maximum absolute atomic E-state index is 10.7. The SMILES string of the molecule is CC(=O)c1ccc(O)cc1.NCc1ccco1. The maximum atomic E-state index is 10.7. The molecule has 4 nitrogen and oxygen atoms in total. The van der Waals surface area contributed by atoms with Gasteiger partial charge in [0, 0.05) is 5.56 Å². The van der Waals surface area contributed by atoms with E-state index in [0.29, 0.717) is 12.1 Å².